The molecule has 5 aliphatic rings. The maximum absolute atomic E-state index is 12.4. The average Bonchev–Trinajstić information content (AvgIpc) is 1.65. The molecule has 0 aliphatic carbocycles. The van der Waals surface area contributed by atoms with E-state index in [-0.39, 0.29) is 160 Å². The van der Waals surface area contributed by atoms with Gasteiger partial charge in [-0.15, -0.1) is 69.8 Å². The summed E-state index contributed by atoms with van der Waals surface area (Å²) >= 11 is 35.2. The number of nitrogens with two attached hydrogens (primary N) is 1. The van der Waals surface area contributed by atoms with Gasteiger partial charge in [-0.25, -0.2) is 24.6 Å². The molecular formula is C68H89BBr3Cl3F3K2N7O14S5. The summed E-state index contributed by atoms with van der Waals surface area (Å²) in [4.78, 5) is 53.3. The first-order chi connectivity index (χ1) is 48.8. The van der Waals surface area contributed by atoms with Gasteiger partial charge >= 0.3 is 132 Å². The number of benzene rings is 4. The van der Waals surface area contributed by atoms with Gasteiger partial charge in [-0.2, -0.15) is 21.6 Å². The predicted octanol–water partition coefficient (Wildman–Crippen LogP) is 9.51. The standard InChI is InChI=1S/C19H27BN2O3S.C13H15BrN2OS.C12H18F3NO5S.C9H7BrClNS.C6H6BrNS.C5H10O.C3H4Cl2O.CH2O3.2K.H/c1-18(2)19(3,4)25-20(24-18)13-6-7-16-15(10-13)21-17(26-16)8-9-22(5)14-11-23-12-14;1-16(10-7-17-8-10)5-4-13-15-11-6-9(14)2-3-12(11)18-13;1-8-5-6-9(21-22(18,19)12(13,14)15)16(7-8)10(17)20-11(2,3)4;10-6-1-2-8-7(5-6)12-9(13-8)3-4-11;7-4-1-2-6(9)5(8)3-4;1-2-5-3-6-4-5;4-2-1-3(5)6;2-1-4-3;;;/h6-7,10,14H,8-9,11-12H2,1-5H3;2-3,6,10H,4-5,7-8H2,1H3;6,8H,5,7H2,1-4H3;1-2,5H,3-4H2;1-3,9H,8H2;5H,2-4H2,1H3;1-2H2;1,3H;;;/q;;;;;;;;2*+1;-1/p-1/t;;8-;;;;;;;;/m..0......../s1. The number of carbonyl (C=O) groups excluding carboxylic acids is 3. The Morgan fingerprint density at radius 1 is 0.764 bits per heavy atom. The minimum absolute atomic E-state index is 0. The molecule has 21 nitrogen and oxygen atoms in total. The Bertz CT molecular complexity index is 4030. The summed E-state index contributed by atoms with van der Waals surface area (Å²) in [6.07, 6.45) is 4.84. The van der Waals surface area contributed by atoms with E-state index >= 15 is 0 Å². The van der Waals surface area contributed by atoms with Crippen molar-refractivity contribution >= 4 is 206 Å². The van der Waals surface area contributed by atoms with E-state index in [1.165, 1.54) is 30.5 Å². The average molecular weight is 1880 g/mol. The van der Waals surface area contributed by atoms with Crippen LogP contribution in [-0.4, -0.2) is 183 Å². The number of hydrogen-bond donors (Lipinski definition) is 2. The Hall–Kier alpha value is -0.282. The van der Waals surface area contributed by atoms with E-state index in [0.29, 0.717) is 29.5 Å². The molecule has 2 N–H and O–H groups in total. The molecule has 4 saturated heterocycles. The van der Waals surface area contributed by atoms with E-state index in [1.807, 2.05) is 30.3 Å². The zero-order chi connectivity index (χ0) is 77.3. The van der Waals surface area contributed by atoms with E-state index in [9.17, 15) is 31.2 Å². The fraction of sp³-hybridized carbons (Fsp3) is 0.529. The van der Waals surface area contributed by atoms with Crippen LogP contribution in [0.2, 0.25) is 0 Å². The van der Waals surface area contributed by atoms with Crippen LogP contribution in [0, 0.1) is 11.8 Å². The van der Waals surface area contributed by atoms with Crippen molar-refractivity contribution in [2.24, 2.45) is 11.8 Å². The number of nitrogens with zero attached hydrogens (tertiary/aromatic N) is 6. The van der Waals surface area contributed by atoms with Gasteiger partial charge in [0.2, 0.25) is 11.1 Å². The van der Waals surface area contributed by atoms with Crippen molar-refractivity contribution < 1.29 is 183 Å². The number of anilines is 1. The van der Waals surface area contributed by atoms with Gasteiger partial charge in [-0.05, 0) is 171 Å². The van der Waals surface area contributed by atoms with E-state index in [4.69, 9.17) is 83.8 Å². The number of nitrogen functional groups attached to an aromatic ring is 1. The number of aryl methyl sites for hydroxylation is 1. The third-order valence-electron chi connectivity index (χ3n) is 16.1. The molecule has 578 valence electrons. The summed E-state index contributed by atoms with van der Waals surface area (Å²) in [7, 11) is -1.85. The van der Waals surface area contributed by atoms with Crippen molar-refractivity contribution in [3.05, 3.63) is 113 Å². The quantitative estimate of drug-likeness (QED) is 0.00822. The molecule has 0 saturated carbocycles. The number of thiol groups is 1. The first kappa shape index (κ1) is 99.9. The third kappa shape index (κ3) is 33.9. The van der Waals surface area contributed by atoms with Crippen molar-refractivity contribution in [1.29, 1.82) is 0 Å². The molecule has 1 atom stereocenters. The normalized spacial score (nSPS) is 16.6. The second-order valence-electron chi connectivity index (χ2n) is 26.1. The number of carbonyl (C=O) groups is 3. The zero-order valence-corrected chi connectivity index (χ0v) is 78.9. The number of amides is 1. The van der Waals surface area contributed by atoms with Gasteiger partial charge in [0.1, 0.15) is 5.60 Å². The van der Waals surface area contributed by atoms with Crippen LogP contribution in [0.5, 0.6) is 0 Å². The molecular weight excluding hydrogens is 1790 g/mol. The van der Waals surface area contributed by atoms with Crippen LogP contribution in [0.15, 0.2) is 103 Å². The van der Waals surface area contributed by atoms with Crippen LogP contribution in [-0.2, 0) is 76.3 Å². The minimum atomic E-state index is -5.84. The van der Waals surface area contributed by atoms with E-state index in [1.54, 1.807) is 61.7 Å². The number of hydrogen-bond acceptors (Lipinski definition) is 24. The first-order valence-corrected chi connectivity index (χ1v) is 40.9. The molecule has 1 amide bonds. The van der Waals surface area contributed by atoms with Gasteiger partial charge in [0, 0.05) is 87.0 Å². The molecule has 0 bridgehead atoms. The number of likely N-dealkylation sites (N-methyl/N-ethyl adjacent to an activating group) is 2. The number of halogens is 9. The Morgan fingerprint density at radius 3 is 1.55 bits per heavy atom. The molecule has 0 radical (unpaired) electrons. The van der Waals surface area contributed by atoms with Gasteiger partial charge in [-0.3, -0.25) is 19.4 Å². The van der Waals surface area contributed by atoms with Gasteiger partial charge < -0.3 is 49.7 Å². The smallest absolute Gasteiger partial charge is 1.00 e. The molecule has 12 rings (SSSR count). The van der Waals surface area contributed by atoms with E-state index in [0.717, 1.165) is 134 Å². The Kier molecular flexibility index (Phi) is 45.5. The van der Waals surface area contributed by atoms with Crippen molar-refractivity contribution in [3.63, 3.8) is 0 Å². The van der Waals surface area contributed by atoms with Crippen LogP contribution in [0.25, 0.3) is 30.6 Å². The van der Waals surface area contributed by atoms with Crippen molar-refractivity contribution in [2.45, 2.75) is 140 Å². The second kappa shape index (κ2) is 48.3. The molecule has 4 fully saturated rings. The molecule has 3 aromatic heterocycles. The summed E-state index contributed by atoms with van der Waals surface area (Å²) in [6, 6.07) is 25.5. The Balaban J connectivity index is 0.000000439. The van der Waals surface area contributed by atoms with Crippen molar-refractivity contribution in [2.75, 3.05) is 90.9 Å². The number of rotatable bonds is 17. The molecule has 0 unspecified atom stereocenters. The van der Waals surface area contributed by atoms with E-state index < -0.39 is 33.2 Å². The maximum Gasteiger partial charge on any atom is 1.00 e. The number of allylic oxidation sites excluding steroid dienone is 1. The largest absolute Gasteiger partial charge is 1.00 e. The number of aromatic nitrogens is 3. The Morgan fingerprint density at radius 2 is 1.20 bits per heavy atom. The molecule has 4 aromatic carbocycles. The van der Waals surface area contributed by atoms with Gasteiger partial charge in [0.15, 0.2) is 0 Å². The number of ether oxygens (including phenoxy) is 4. The van der Waals surface area contributed by atoms with Gasteiger partial charge in [-0.1, -0.05) is 67.7 Å². The summed E-state index contributed by atoms with van der Waals surface area (Å²) in [6.45, 7) is 24.4. The molecule has 38 heteroatoms. The summed E-state index contributed by atoms with van der Waals surface area (Å²) in [5.74, 6) is 1.09. The van der Waals surface area contributed by atoms with Crippen LogP contribution in [0.4, 0.5) is 23.7 Å². The molecule has 8 heterocycles. The topological polar surface area (TPSA) is 257 Å². The van der Waals surface area contributed by atoms with Crippen LogP contribution >= 0.6 is 129 Å². The number of fused-ring (bicyclic) bond motifs is 3. The maximum atomic E-state index is 12.4. The van der Waals surface area contributed by atoms with E-state index in [2.05, 4.69) is 180 Å². The predicted molar refractivity (Wildman–Crippen MR) is 422 cm³/mol. The number of alkyl halides is 5. The minimum Gasteiger partial charge on any atom is -1.00 e. The fourth-order valence-corrected chi connectivity index (χ4v) is 14.2. The summed E-state index contributed by atoms with van der Waals surface area (Å²) in [5.41, 5.74) is 3.34. The second-order valence-corrected chi connectivity index (χ2v) is 35.4. The molecule has 5 aliphatic heterocycles. The van der Waals surface area contributed by atoms with Crippen LogP contribution in [0.1, 0.15) is 98.0 Å². The third-order valence-corrected chi connectivity index (χ3v) is 22.8. The Labute approximate surface area is 763 Å². The van der Waals surface area contributed by atoms with Crippen LogP contribution < -0.4 is 119 Å². The van der Waals surface area contributed by atoms with Crippen molar-refractivity contribution in [3.8, 4) is 0 Å². The summed E-state index contributed by atoms with van der Waals surface area (Å²) in [5, 5.41) is 11.6. The van der Waals surface area contributed by atoms with Crippen LogP contribution in [0.3, 0.4) is 0 Å². The first-order valence-electron chi connectivity index (χ1n) is 32.8. The fourth-order valence-electron chi connectivity index (χ4n) is 9.01. The molecule has 0 spiro atoms. The monoisotopic (exact) mass is 1880 g/mol. The van der Waals surface area contributed by atoms with Gasteiger partial charge in [0.05, 0.1) is 109 Å². The SMILES string of the molecule is CCC1COC1.CN(CCc1nc2cc(B3OC(C)(C)C(C)(C)O3)ccc2s1)C1COC1.CN(CCc1nc2cc(Br)ccc2s1)C1COC1.C[C@H]1CC=C(OS(=O)(=O)C(F)(F)F)N(C(=O)OC(C)(C)C)C1.ClCCc1nc2cc(Br)ccc2s1.Nc1cc(Br)ccc1S.O=C(Cl)CCCl.O=CO[O-].[H-].[K+].[K+]. The zero-order valence-electron chi connectivity index (χ0n) is 62.4. The molecule has 7 aromatic rings. The summed E-state index contributed by atoms with van der Waals surface area (Å²) < 4.78 is 103. The molecule has 106 heavy (non-hydrogen) atoms. The number of thiazole rings is 3. The van der Waals surface area contributed by atoms with Gasteiger partial charge in [0.25, 0.3) is 6.47 Å². The van der Waals surface area contributed by atoms with Crippen molar-refractivity contribution in [1.82, 2.24) is 29.7 Å².